The molecule has 1 heterocycles. The van der Waals surface area contributed by atoms with Gasteiger partial charge in [-0.3, -0.25) is 14.4 Å². The van der Waals surface area contributed by atoms with Crippen molar-refractivity contribution in [2.45, 2.75) is 57.5 Å². The summed E-state index contributed by atoms with van der Waals surface area (Å²) in [6, 6.07) is 17.4. The highest BCUT2D eigenvalue weighted by atomic mass is 19.4. The average molecular weight is 705 g/mol. The maximum absolute atomic E-state index is 14.0. The van der Waals surface area contributed by atoms with Crippen LogP contribution >= 0.6 is 0 Å². The van der Waals surface area contributed by atoms with E-state index in [4.69, 9.17) is 4.74 Å². The van der Waals surface area contributed by atoms with Gasteiger partial charge in [0.15, 0.2) is 0 Å². The molecule has 9 nitrogen and oxygen atoms in total. The van der Waals surface area contributed by atoms with Crippen LogP contribution in [0.15, 0.2) is 85.2 Å². The molecule has 0 bridgehead atoms. The van der Waals surface area contributed by atoms with Gasteiger partial charge in [-0.25, -0.2) is 4.68 Å². The summed E-state index contributed by atoms with van der Waals surface area (Å²) in [5.41, 5.74) is 1.08. The molecular weight excluding hydrogens is 670 g/mol. The average Bonchev–Trinajstić information content (AvgIpc) is 3.57. The Morgan fingerprint density at radius 1 is 0.860 bits per heavy atom. The highest BCUT2D eigenvalue weighted by molar-refractivity contribution is 5.97. The molecule has 0 aliphatic rings. The Kier molecular flexibility index (Phi) is 12.3. The Morgan fingerprint density at radius 2 is 1.50 bits per heavy atom. The van der Waals surface area contributed by atoms with E-state index in [-0.39, 0.29) is 19.6 Å². The molecule has 0 fully saturated rings. The van der Waals surface area contributed by atoms with Crippen LogP contribution in [0.2, 0.25) is 0 Å². The number of carbonyl (C=O) groups excluding carboxylic acids is 3. The number of hydrogen-bond acceptors (Lipinski definition) is 6. The fourth-order valence-corrected chi connectivity index (χ4v) is 5.30. The number of anilines is 1. The van der Waals surface area contributed by atoms with Crippen LogP contribution in [-0.2, 0) is 20.5 Å². The fourth-order valence-electron chi connectivity index (χ4n) is 5.30. The summed E-state index contributed by atoms with van der Waals surface area (Å²) in [5, 5.41) is 9.22. The van der Waals surface area contributed by atoms with Crippen molar-refractivity contribution in [1.82, 2.24) is 15.1 Å². The van der Waals surface area contributed by atoms with Crippen LogP contribution in [0.4, 0.5) is 32.0 Å². The molecule has 0 saturated carbocycles. The number of esters is 1. The molecule has 1 aromatic heterocycles. The van der Waals surface area contributed by atoms with Gasteiger partial charge in [-0.05, 0) is 78.9 Å². The molecule has 50 heavy (non-hydrogen) atoms. The number of ether oxygens (including phenoxy) is 2. The molecule has 0 spiro atoms. The molecule has 0 radical (unpaired) electrons. The van der Waals surface area contributed by atoms with Crippen molar-refractivity contribution in [3.05, 3.63) is 107 Å². The van der Waals surface area contributed by atoms with Crippen LogP contribution in [0, 0.1) is 0 Å². The number of aromatic nitrogens is 2. The van der Waals surface area contributed by atoms with E-state index in [1.165, 1.54) is 36.4 Å². The summed E-state index contributed by atoms with van der Waals surface area (Å²) in [6.07, 6.45) is -6.83. The Balaban J connectivity index is 1.60. The molecule has 0 aliphatic heterocycles. The molecule has 2 atom stereocenters. The van der Waals surface area contributed by atoms with E-state index in [0.29, 0.717) is 47.1 Å². The largest absolute Gasteiger partial charge is 0.573 e. The van der Waals surface area contributed by atoms with E-state index >= 15 is 0 Å². The Morgan fingerprint density at radius 3 is 2.06 bits per heavy atom. The number of amides is 2. The van der Waals surface area contributed by atoms with Crippen molar-refractivity contribution < 1.29 is 50.2 Å². The lowest BCUT2D eigenvalue weighted by molar-refractivity contribution is -0.274. The van der Waals surface area contributed by atoms with Crippen molar-refractivity contribution in [2.24, 2.45) is 0 Å². The monoisotopic (exact) mass is 704 g/mol. The summed E-state index contributed by atoms with van der Waals surface area (Å²) in [7, 11) is 0. The summed E-state index contributed by atoms with van der Waals surface area (Å²) in [4.78, 5) is 38.3. The Bertz CT molecular complexity index is 1740. The number of nitrogens with zero attached hydrogens (tertiary/aromatic N) is 2. The van der Waals surface area contributed by atoms with Crippen LogP contribution in [0.3, 0.4) is 0 Å². The SMILES string of the molecule is CCC[C@H](c1ccc(C(=O)NCCC(=O)OCC)cc1)[C@@H](C(=O)Nc1ccc(-n2cc(C(F)(F)F)cn2)cc1)c1ccc(OC(F)(F)F)cc1. The normalized spacial score (nSPS) is 12.9. The molecule has 0 saturated heterocycles. The summed E-state index contributed by atoms with van der Waals surface area (Å²) in [5.74, 6) is -3.26. The smallest absolute Gasteiger partial charge is 0.466 e. The van der Waals surface area contributed by atoms with Crippen LogP contribution < -0.4 is 15.4 Å². The predicted octanol–water partition coefficient (Wildman–Crippen LogP) is 7.78. The van der Waals surface area contributed by atoms with E-state index in [9.17, 15) is 40.7 Å². The van der Waals surface area contributed by atoms with Gasteiger partial charge in [0.25, 0.3) is 5.91 Å². The maximum atomic E-state index is 14.0. The molecule has 0 unspecified atom stereocenters. The zero-order valence-electron chi connectivity index (χ0n) is 27.0. The van der Waals surface area contributed by atoms with E-state index in [1.807, 2.05) is 6.92 Å². The van der Waals surface area contributed by atoms with Gasteiger partial charge >= 0.3 is 18.5 Å². The number of rotatable bonds is 14. The number of halogens is 6. The topological polar surface area (TPSA) is 112 Å². The number of alkyl halides is 6. The van der Waals surface area contributed by atoms with Crippen molar-refractivity contribution in [1.29, 1.82) is 0 Å². The van der Waals surface area contributed by atoms with Gasteiger partial charge in [0.05, 0.1) is 36.4 Å². The minimum absolute atomic E-state index is 0.00475. The third-order valence-corrected chi connectivity index (χ3v) is 7.59. The van der Waals surface area contributed by atoms with E-state index < -0.39 is 53.5 Å². The first-order chi connectivity index (χ1) is 23.7. The fraction of sp³-hybridized carbons (Fsp3) is 0.314. The van der Waals surface area contributed by atoms with E-state index in [2.05, 4.69) is 20.5 Å². The molecule has 3 aromatic carbocycles. The van der Waals surface area contributed by atoms with Gasteiger partial charge < -0.3 is 20.1 Å². The molecule has 2 amide bonds. The summed E-state index contributed by atoms with van der Waals surface area (Å²) in [6.45, 7) is 3.89. The van der Waals surface area contributed by atoms with Gasteiger partial charge in [0, 0.05) is 24.0 Å². The first kappa shape index (κ1) is 37.5. The lowest BCUT2D eigenvalue weighted by atomic mass is 9.78. The Labute approximate surface area is 283 Å². The van der Waals surface area contributed by atoms with Crippen molar-refractivity contribution in [3.8, 4) is 11.4 Å². The van der Waals surface area contributed by atoms with Gasteiger partial charge in [0.2, 0.25) is 5.91 Å². The van der Waals surface area contributed by atoms with Crippen molar-refractivity contribution >= 4 is 23.5 Å². The first-order valence-corrected chi connectivity index (χ1v) is 15.6. The molecule has 0 aliphatic carbocycles. The maximum Gasteiger partial charge on any atom is 0.573 e. The lowest BCUT2D eigenvalue weighted by Gasteiger charge is -2.28. The third kappa shape index (κ3) is 10.3. The van der Waals surface area contributed by atoms with E-state index in [1.54, 1.807) is 31.2 Å². The highest BCUT2D eigenvalue weighted by Crippen LogP contribution is 2.39. The molecule has 15 heteroatoms. The molecule has 4 aromatic rings. The minimum atomic E-state index is -4.91. The second-order valence-electron chi connectivity index (χ2n) is 11.1. The van der Waals surface area contributed by atoms with Gasteiger partial charge in [-0.15, -0.1) is 13.2 Å². The van der Waals surface area contributed by atoms with Gasteiger partial charge in [-0.2, -0.15) is 18.3 Å². The second-order valence-corrected chi connectivity index (χ2v) is 11.1. The van der Waals surface area contributed by atoms with Gasteiger partial charge in [0.1, 0.15) is 5.75 Å². The zero-order chi connectivity index (χ0) is 36.5. The third-order valence-electron chi connectivity index (χ3n) is 7.59. The number of carbonyl (C=O) groups is 3. The van der Waals surface area contributed by atoms with Crippen molar-refractivity contribution in [3.63, 3.8) is 0 Å². The van der Waals surface area contributed by atoms with Crippen molar-refractivity contribution in [2.75, 3.05) is 18.5 Å². The number of benzene rings is 3. The van der Waals surface area contributed by atoms with Crippen LogP contribution in [0.25, 0.3) is 5.69 Å². The number of nitrogens with one attached hydrogen (secondary N) is 2. The second kappa shape index (κ2) is 16.4. The van der Waals surface area contributed by atoms with Crippen LogP contribution in [-0.4, -0.2) is 47.1 Å². The molecule has 4 rings (SSSR count). The lowest BCUT2D eigenvalue weighted by Crippen LogP contribution is -2.27. The summed E-state index contributed by atoms with van der Waals surface area (Å²) >= 11 is 0. The minimum Gasteiger partial charge on any atom is -0.466 e. The first-order valence-electron chi connectivity index (χ1n) is 15.6. The molecule has 2 N–H and O–H groups in total. The number of hydrogen-bond donors (Lipinski definition) is 2. The van der Waals surface area contributed by atoms with Gasteiger partial charge in [-0.1, -0.05) is 37.6 Å². The quantitative estimate of drug-likeness (QED) is 0.103. The van der Waals surface area contributed by atoms with E-state index in [0.717, 1.165) is 23.0 Å². The summed E-state index contributed by atoms with van der Waals surface area (Å²) < 4.78 is 87.5. The molecular formula is C35H34F6N4O5. The standard InChI is InChI=1S/C35H34F6N4O5/c1-3-5-29(22-6-8-24(9-7-22)32(47)42-19-18-30(46)49-4-2)31(23-10-16-28(17-11-23)50-35(39,40)41)33(48)44-26-12-14-27(15-13-26)45-21-25(20-43-45)34(36,37)38/h6-17,20-21,29,31H,3-5,18-19H2,1-2H3,(H,42,47)(H,44,48)/t29-,31+/m1/s1. The molecule has 266 valence electrons. The zero-order valence-corrected chi connectivity index (χ0v) is 27.0. The highest BCUT2D eigenvalue weighted by Gasteiger charge is 2.34. The van der Waals surface area contributed by atoms with Crippen LogP contribution in [0.5, 0.6) is 5.75 Å². The predicted molar refractivity (Wildman–Crippen MR) is 171 cm³/mol. The van der Waals surface area contributed by atoms with Crippen LogP contribution in [0.1, 0.15) is 72.0 Å². The Hall–Kier alpha value is -5.34.